The molecule has 0 aliphatic carbocycles. The standard InChI is InChI=1S/C20H19ClN2O/c1-12-8-9-15(21)10-19(12)23-20(24)11-17-13(2)16-6-4-5-7-18(16)22-14(17)3/h4-10H,11H2,1-3H3,(H,23,24). The Kier molecular flexibility index (Phi) is 4.54. The molecule has 1 aromatic heterocycles. The maximum atomic E-state index is 12.5. The highest BCUT2D eigenvalue weighted by atomic mass is 35.5. The lowest BCUT2D eigenvalue weighted by molar-refractivity contribution is -0.115. The molecule has 0 bridgehead atoms. The van der Waals surface area contributed by atoms with Crippen LogP contribution < -0.4 is 5.32 Å². The first kappa shape index (κ1) is 16.5. The molecule has 3 aromatic rings. The third-order valence-electron chi connectivity index (χ3n) is 4.30. The lowest BCUT2D eigenvalue weighted by atomic mass is 9.99. The Hall–Kier alpha value is -2.39. The molecule has 0 aliphatic rings. The van der Waals surface area contributed by atoms with Crippen LogP contribution in [0.4, 0.5) is 5.69 Å². The number of amides is 1. The van der Waals surface area contributed by atoms with Crippen LogP contribution in [0, 0.1) is 20.8 Å². The molecule has 1 N–H and O–H groups in total. The number of aryl methyl sites for hydroxylation is 3. The van der Waals surface area contributed by atoms with E-state index >= 15 is 0 Å². The summed E-state index contributed by atoms with van der Waals surface area (Å²) in [6, 6.07) is 13.5. The van der Waals surface area contributed by atoms with Crippen LogP contribution in [0.5, 0.6) is 0 Å². The van der Waals surface area contributed by atoms with Gasteiger partial charge in [0.2, 0.25) is 5.91 Å². The van der Waals surface area contributed by atoms with Crippen molar-refractivity contribution in [2.75, 3.05) is 5.32 Å². The maximum absolute atomic E-state index is 12.5. The summed E-state index contributed by atoms with van der Waals surface area (Å²) < 4.78 is 0. The van der Waals surface area contributed by atoms with Crippen LogP contribution in [0.2, 0.25) is 5.02 Å². The second kappa shape index (κ2) is 6.62. The van der Waals surface area contributed by atoms with Crippen LogP contribution in [0.1, 0.15) is 22.4 Å². The fourth-order valence-electron chi connectivity index (χ4n) is 2.91. The largest absolute Gasteiger partial charge is 0.326 e. The van der Waals surface area contributed by atoms with Crippen LogP contribution in [-0.4, -0.2) is 10.9 Å². The first-order valence-corrected chi connectivity index (χ1v) is 8.24. The van der Waals surface area contributed by atoms with Crippen molar-refractivity contribution in [1.29, 1.82) is 0 Å². The number of nitrogens with one attached hydrogen (secondary N) is 1. The number of aromatic nitrogens is 1. The first-order valence-electron chi connectivity index (χ1n) is 7.86. The van der Waals surface area contributed by atoms with Gasteiger partial charge in [0.1, 0.15) is 0 Å². The van der Waals surface area contributed by atoms with E-state index in [0.717, 1.165) is 39.0 Å². The SMILES string of the molecule is Cc1ccc(Cl)cc1NC(=O)Cc1c(C)nc2ccccc2c1C. The number of pyridine rings is 1. The highest BCUT2D eigenvalue weighted by molar-refractivity contribution is 6.31. The number of carbonyl (C=O) groups excluding carboxylic acids is 1. The van der Waals surface area contributed by atoms with Crippen molar-refractivity contribution < 1.29 is 4.79 Å². The van der Waals surface area contributed by atoms with E-state index in [2.05, 4.69) is 10.3 Å². The number of nitrogens with zero attached hydrogens (tertiary/aromatic N) is 1. The zero-order valence-corrected chi connectivity index (χ0v) is 14.7. The smallest absolute Gasteiger partial charge is 0.228 e. The normalized spacial score (nSPS) is 10.8. The minimum absolute atomic E-state index is 0.0661. The molecule has 0 saturated heterocycles. The molecule has 0 atom stereocenters. The third-order valence-corrected chi connectivity index (χ3v) is 4.53. The molecule has 1 amide bonds. The van der Waals surface area contributed by atoms with E-state index in [0.29, 0.717) is 11.4 Å². The van der Waals surface area contributed by atoms with Gasteiger partial charge in [0.05, 0.1) is 11.9 Å². The van der Waals surface area contributed by atoms with E-state index in [4.69, 9.17) is 11.6 Å². The number of rotatable bonds is 3. The molecular formula is C20H19ClN2O. The van der Waals surface area contributed by atoms with Crippen molar-refractivity contribution >= 4 is 34.1 Å². The second-order valence-electron chi connectivity index (χ2n) is 6.00. The molecule has 0 spiro atoms. The van der Waals surface area contributed by atoms with E-state index in [-0.39, 0.29) is 5.91 Å². The molecular weight excluding hydrogens is 320 g/mol. The van der Waals surface area contributed by atoms with Gasteiger partial charge in [-0.25, -0.2) is 0 Å². The monoisotopic (exact) mass is 338 g/mol. The average Bonchev–Trinajstić information content (AvgIpc) is 2.55. The highest BCUT2D eigenvalue weighted by Crippen LogP contribution is 2.24. The zero-order valence-electron chi connectivity index (χ0n) is 14.0. The lowest BCUT2D eigenvalue weighted by Gasteiger charge is -2.13. The Morgan fingerprint density at radius 1 is 1.12 bits per heavy atom. The van der Waals surface area contributed by atoms with Crippen molar-refractivity contribution in [3.8, 4) is 0 Å². The predicted octanol–water partition coefficient (Wildman–Crippen LogP) is 4.99. The Bertz CT molecular complexity index is 934. The maximum Gasteiger partial charge on any atom is 0.228 e. The fraction of sp³-hybridized carbons (Fsp3) is 0.200. The van der Waals surface area contributed by atoms with E-state index in [1.165, 1.54) is 0 Å². The van der Waals surface area contributed by atoms with Gasteiger partial charge in [-0.05, 0) is 55.7 Å². The van der Waals surface area contributed by atoms with Crippen molar-refractivity contribution in [3.63, 3.8) is 0 Å². The molecule has 1 heterocycles. The average molecular weight is 339 g/mol. The van der Waals surface area contributed by atoms with Gasteiger partial charge < -0.3 is 5.32 Å². The van der Waals surface area contributed by atoms with Gasteiger partial charge in [-0.2, -0.15) is 0 Å². The van der Waals surface area contributed by atoms with Crippen molar-refractivity contribution in [2.45, 2.75) is 27.2 Å². The minimum Gasteiger partial charge on any atom is -0.326 e. The molecule has 122 valence electrons. The molecule has 3 rings (SSSR count). The Balaban J connectivity index is 1.89. The number of hydrogen-bond acceptors (Lipinski definition) is 2. The third kappa shape index (κ3) is 3.26. The molecule has 4 heteroatoms. The molecule has 0 radical (unpaired) electrons. The molecule has 0 fully saturated rings. The molecule has 0 saturated carbocycles. The van der Waals surface area contributed by atoms with E-state index in [9.17, 15) is 4.79 Å². The zero-order chi connectivity index (χ0) is 17.3. The summed E-state index contributed by atoms with van der Waals surface area (Å²) in [7, 11) is 0. The number of anilines is 1. The van der Waals surface area contributed by atoms with Crippen LogP contribution in [0.25, 0.3) is 10.9 Å². The topological polar surface area (TPSA) is 42.0 Å². The highest BCUT2D eigenvalue weighted by Gasteiger charge is 2.13. The summed E-state index contributed by atoms with van der Waals surface area (Å²) in [5.74, 6) is -0.0661. The first-order chi connectivity index (χ1) is 11.5. The summed E-state index contributed by atoms with van der Waals surface area (Å²) in [5.41, 5.74) is 5.67. The van der Waals surface area contributed by atoms with E-state index < -0.39 is 0 Å². The van der Waals surface area contributed by atoms with Gasteiger partial charge in [-0.1, -0.05) is 35.9 Å². The van der Waals surface area contributed by atoms with E-state index in [1.54, 1.807) is 6.07 Å². The van der Waals surface area contributed by atoms with Gasteiger partial charge in [0.25, 0.3) is 0 Å². The van der Waals surface area contributed by atoms with Gasteiger partial charge >= 0.3 is 0 Å². The molecule has 2 aromatic carbocycles. The summed E-state index contributed by atoms with van der Waals surface area (Å²) >= 11 is 6.01. The Morgan fingerprint density at radius 2 is 1.88 bits per heavy atom. The fourth-order valence-corrected chi connectivity index (χ4v) is 3.09. The van der Waals surface area contributed by atoms with Gasteiger partial charge in [-0.15, -0.1) is 0 Å². The van der Waals surface area contributed by atoms with Crippen molar-refractivity contribution in [2.24, 2.45) is 0 Å². The summed E-state index contributed by atoms with van der Waals surface area (Å²) in [5, 5.41) is 4.65. The van der Waals surface area contributed by atoms with Crippen LogP contribution >= 0.6 is 11.6 Å². The molecule has 0 aliphatic heterocycles. The molecule has 3 nitrogen and oxygen atoms in total. The van der Waals surface area contributed by atoms with Crippen LogP contribution in [-0.2, 0) is 11.2 Å². The number of hydrogen-bond donors (Lipinski definition) is 1. The lowest BCUT2D eigenvalue weighted by Crippen LogP contribution is -2.17. The Morgan fingerprint density at radius 3 is 2.67 bits per heavy atom. The molecule has 0 unspecified atom stereocenters. The Labute approximate surface area is 146 Å². The minimum atomic E-state index is -0.0661. The number of carbonyl (C=O) groups is 1. The summed E-state index contributed by atoms with van der Waals surface area (Å²) in [4.78, 5) is 17.1. The van der Waals surface area contributed by atoms with Gasteiger partial charge in [0, 0.05) is 21.8 Å². The van der Waals surface area contributed by atoms with E-state index in [1.807, 2.05) is 57.2 Å². The van der Waals surface area contributed by atoms with Crippen molar-refractivity contribution in [3.05, 3.63) is 69.9 Å². The second-order valence-corrected chi connectivity index (χ2v) is 6.44. The van der Waals surface area contributed by atoms with Gasteiger partial charge in [0.15, 0.2) is 0 Å². The summed E-state index contributed by atoms with van der Waals surface area (Å²) in [6.07, 6.45) is 0.293. The van der Waals surface area contributed by atoms with Crippen LogP contribution in [0.3, 0.4) is 0 Å². The number of para-hydroxylation sites is 1. The number of halogens is 1. The van der Waals surface area contributed by atoms with Gasteiger partial charge in [-0.3, -0.25) is 9.78 Å². The van der Waals surface area contributed by atoms with Crippen molar-refractivity contribution in [1.82, 2.24) is 4.98 Å². The number of fused-ring (bicyclic) bond motifs is 1. The van der Waals surface area contributed by atoms with Crippen LogP contribution in [0.15, 0.2) is 42.5 Å². The predicted molar refractivity (Wildman–Crippen MR) is 99.7 cm³/mol. The molecule has 24 heavy (non-hydrogen) atoms. The summed E-state index contributed by atoms with van der Waals surface area (Å²) in [6.45, 7) is 5.94. The quantitative estimate of drug-likeness (QED) is 0.730. The number of benzene rings is 2.